The minimum Gasteiger partial charge on any atom is -0.402 e. The molecule has 2 aliphatic carbocycles. The molecule has 3 aliphatic rings. The van der Waals surface area contributed by atoms with E-state index in [9.17, 15) is 39.9 Å². The van der Waals surface area contributed by atoms with Crippen LogP contribution in [0.1, 0.15) is 88.6 Å². The number of carbonyl (C=O) groups is 1. The summed E-state index contributed by atoms with van der Waals surface area (Å²) in [4.78, 5) is 13.6. The highest BCUT2D eigenvalue weighted by Crippen LogP contribution is 2.49. The van der Waals surface area contributed by atoms with Gasteiger partial charge in [0.25, 0.3) is 18.3 Å². The van der Waals surface area contributed by atoms with E-state index in [2.05, 4.69) is 24.6 Å². The highest BCUT2D eigenvalue weighted by molar-refractivity contribution is 8.01. The van der Waals surface area contributed by atoms with Gasteiger partial charge in [0.15, 0.2) is 0 Å². The lowest BCUT2D eigenvalue weighted by molar-refractivity contribution is -0.121. The lowest BCUT2D eigenvalue weighted by atomic mass is 9.83. The van der Waals surface area contributed by atoms with Gasteiger partial charge in [-0.1, -0.05) is 44.5 Å². The van der Waals surface area contributed by atoms with Crippen molar-refractivity contribution >= 4 is 40.5 Å². The summed E-state index contributed by atoms with van der Waals surface area (Å²) in [7, 11) is 0. The first-order chi connectivity index (χ1) is 28.0. The third-order valence-electron chi connectivity index (χ3n) is 10.5. The molecule has 3 atom stereocenters. The van der Waals surface area contributed by atoms with Gasteiger partial charge in [-0.3, -0.25) is 9.80 Å². The van der Waals surface area contributed by atoms with Crippen molar-refractivity contribution < 1.29 is 48.7 Å². The number of carbonyl (C=O) groups excluding carboxylic acids is 1. The van der Waals surface area contributed by atoms with Crippen LogP contribution in [-0.2, 0) is 11.2 Å². The molecular formula is C41H49ClF10N6OS. The molecular weight excluding hydrogens is 850 g/mol. The van der Waals surface area contributed by atoms with Gasteiger partial charge in [-0.05, 0) is 73.9 Å². The quantitative estimate of drug-likeness (QED) is 0.0707. The Kier molecular flexibility index (Phi) is 15.2. The van der Waals surface area contributed by atoms with E-state index in [1.54, 1.807) is 12.2 Å². The molecule has 0 spiro atoms. The van der Waals surface area contributed by atoms with Crippen LogP contribution in [0.15, 0.2) is 59.5 Å². The Morgan fingerprint density at radius 3 is 2.32 bits per heavy atom. The monoisotopic (exact) mass is 898 g/mol. The lowest BCUT2D eigenvalue weighted by Gasteiger charge is -2.36. The standard InChI is InChI=1S/C41H49ClF10N6OS/c1-21(37(47)48)34-36(41(51,52)13-12-40(34,49)50)55-19-32(59)56-27(16-22-14-24(43)18-25(44)15-22)17-23(4-5-26(53)10-11-39(2,3)60-28-6-7-28)29-8-9-30(42)33-35(29)58(20-31(45)46)57-38(33)54/h4-5,8-9,14-15,18,21,27-28,31,37-38,55,57H,6-7,10-13,16-17,19-20,53-54H2,1-3H3,(H,56,59)/b23-4+,26-5-/t21?,27-,38?/m0/s1. The van der Waals surface area contributed by atoms with E-state index in [1.165, 1.54) is 12.1 Å². The van der Waals surface area contributed by atoms with Crippen molar-refractivity contribution in [2.75, 3.05) is 18.1 Å². The summed E-state index contributed by atoms with van der Waals surface area (Å²) in [6, 6.07) is 4.52. The molecule has 1 aliphatic heterocycles. The molecule has 7 N–H and O–H groups in total. The fourth-order valence-corrected chi connectivity index (χ4v) is 9.24. The van der Waals surface area contributed by atoms with Crippen LogP contribution >= 0.6 is 23.4 Å². The topological polar surface area (TPSA) is 108 Å². The first kappa shape index (κ1) is 47.4. The molecule has 0 radical (unpaired) electrons. The zero-order chi connectivity index (χ0) is 44.3. The number of allylic oxidation sites excluding steroid dienone is 5. The fraction of sp³-hybridized carbons (Fsp3) is 0.537. The van der Waals surface area contributed by atoms with Crippen molar-refractivity contribution in [2.45, 2.75) is 119 Å². The molecule has 1 amide bonds. The normalized spacial score (nSPS) is 20.5. The van der Waals surface area contributed by atoms with Gasteiger partial charge in [0, 0.05) is 68.3 Å². The van der Waals surface area contributed by atoms with E-state index >= 15 is 8.78 Å². The molecule has 332 valence electrons. The van der Waals surface area contributed by atoms with Crippen molar-refractivity contribution in [3.05, 3.63) is 92.8 Å². The van der Waals surface area contributed by atoms with Gasteiger partial charge < -0.3 is 22.1 Å². The summed E-state index contributed by atoms with van der Waals surface area (Å²) in [5, 5.41) is 6.49. The first-order valence-electron chi connectivity index (χ1n) is 19.5. The molecule has 2 unspecified atom stereocenters. The number of benzene rings is 2. The molecule has 0 aromatic heterocycles. The number of hydrogen-bond donors (Lipinski definition) is 5. The van der Waals surface area contributed by atoms with Crippen LogP contribution < -0.4 is 32.5 Å². The van der Waals surface area contributed by atoms with Crippen LogP contribution in [-0.4, -0.2) is 59.7 Å². The van der Waals surface area contributed by atoms with Crippen LogP contribution in [0.5, 0.6) is 0 Å². The lowest BCUT2D eigenvalue weighted by Crippen LogP contribution is -2.47. The average molecular weight is 899 g/mol. The van der Waals surface area contributed by atoms with Gasteiger partial charge in [0.05, 0.1) is 24.5 Å². The molecule has 19 heteroatoms. The largest absolute Gasteiger partial charge is 0.402 e. The number of alkyl halides is 8. The predicted octanol–water partition coefficient (Wildman–Crippen LogP) is 9.77. The van der Waals surface area contributed by atoms with Crippen LogP contribution in [0.2, 0.25) is 5.02 Å². The number of nitrogens with one attached hydrogen (secondary N) is 3. The molecule has 60 heavy (non-hydrogen) atoms. The number of rotatable bonds is 19. The molecule has 1 heterocycles. The molecule has 0 bridgehead atoms. The van der Waals surface area contributed by atoms with E-state index in [4.69, 9.17) is 23.1 Å². The smallest absolute Gasteiger partial charge is 0.287 e. The maximum absolute atomic E-state index is 15.1. The molecule has 2 aromatic rings. The zero-order valence-electron chi connectivity index (χ0n) is 33.2. The van der Waals surface area contributed by atoms with Crippen molar-refractivity contribution in [1.82, 2.24) is 16.1 Å². The van der Waals surface area contributed by atoms with Crippen LogP contribution in [0, 0.1) is 17.6 Å². The van der Waals surface area contributed by atoms with Crippen LogP contribution in [0.25, 0.3) is 5.57 Å². The Balaban J connectivity index is 1.53. The number of nitrogens with two attached hydrogens (primary N) is 2. The Hall–Kier alpha value is -3.61. The van der Waals surface area contributed by atoms with E-state index in [-0.39, 0.29) is 39.4 Å². The van der Waals surface area contributed by atoms with Crippen LogP contribution in [0.3, 0.4) is 0 Å². The average Bonchev–Trinajstić information content (AvgIpc) is 3.88. The predicted molar refractivity (Wildman–Crippen MR) is 215 cm³/mol. The number of hydrogen-bond acceptors (Lipinski definition) is 7. The Morgan fingerprint density at radius 2 is 1.70 bits per heavy atom. The van der Waals surface area contributed by atoms with Crippen molar-refractivity contribution in [3.8, 4) is 0 Å². The molecule has 1 fully saturated rings. The van der Waals surface area contributed by atoms with Gasteiger partial charge in [-0.15, -0.1) is 0 Å². The van der Waals surface area contributed by atoms with E-state index in [0.717, 1.165) is 30.0 Å². The van der Waals surface area contributed by atoms with Crippen LogP contribution in [0.4, 0.5) is 49.6 Å². The summed E-state index contributed by atoms with van der Waals surface area (Å²) in [5.41, 5.74) is 14.2. The highest BCUT2D eigenvalue weighted by atomic mass is 35.5. The highest BCUT2D eigenvalue weighted by Gasteiger charge is 2.53. The third-order valence-corrected chi connectivity index (χ3v) is 12.5. The summed E-state index contributed by atoms with van der Waals surface area (Å²) >= 11 is 8.40. The number of fused-ring (bicyclic) bond motifs is 1. The maximum atomic E-state index is 15.1. The minimum absolute atomic E-state index is 0.0501. The molecule has 7 nitrogen and oxygen atoms in total. The number of hydrazine groups is 1. The van der Waals surface area contributed by atoms with E-state index in [1.807, 2.05) is 17.1 Å². The summed E-state index contributed by atoms with van der Waals surface area (Å²) < 4.78 is 144. The summed E-state index contributed by atoms with van der Waals surface area (Å²) in [5.74, 6) is -13.3. The fourth-order valence-electron chi connectivity index (χ4n) is 7.47. The Labute approximate surface area is 351 Å². The molecule has 2 aromatic carbocycles. The maximum Gasteiger partial charge on any atom is 0.287 e. The van der Waals surface area contributed by atoms with Gasteiger partial charge in [-0.25, -0.2) is 40.5 Å². The first-order valence-corrected chi connectivity index (χ1v) is 20.7. The van der Waals surface area contributed by atoms with Gasteiger partial charge in [0.1, 0.15) is 17.8 Å². The summed E-state index contributed by atoms with van der Waals surface area (Å²) in [6.07, 6.45) is -3.83. The number of anilines is 1. The van der Waals surface area contributed by atoms with Crippen molar-refractivity contribution in [2.24, 2.45) is 17.4 Å². The minimum atomic E-state index is -4.02. The second kappa shape index (κ2) is 19.2. The second-order valence-electron chi connectivity index (χ2n) is 16.1. The van der Waals surface area contributed by atoms with Crippen molar-refractivity contribution in [1.29, 1.82) is 0 Å². The number of nitrogens with zero attached hydrogens (tertiary/aromatic N) is 1. The summed E-state index contributed by atoms with van der Waals surface area (Å²) in [6.45, 7) is 3.03. The van der Waals surface area contributed by atoms with E-state index < -0.39 is 97.6 Å². The Bertz CT molecular complexity index is 1950. The number of thioether (sulfide) groups is 1. The SMILES string of the molecule is CC(C1=C(NCC(=O)N[C@H](C/C(=C\C=C(/N)CCC(C)(C)SC2CC2)c2ccc(Cl)c3c2N(CC(F)F)NC3N)Cc2cc(F)cc(F)c2)C(F)(F)CCC1(F)F)C(F)F. The van der Waals surface area contributed by atoms with Gasteiger partial charge in [-0.2, -0.15) is 20.5 Å². The zero-order valence-corrected chi connectivity index (χ0v) is 34.7. The Morgan fingerprint density at radius 1 is 1.05 bits per heavy atom. The number of halogens is 11. The van der Waals surface area contributed by atoms with E-state index in [0.29, 0.717) is 47.9 Å². The third kappa shape index (κ3) is 12.3. The van der Waals surface area contributed by atoms with Crippen molar-refractivity contribution in [3.63, 3.8) is 0 Å². The number of amides is 1. The second-order valence-corrected chi connectivity index (χ2v) is 18.5. The molecule has 0 saturated heterocycles. The van der Waals surface area contributed by atoms with Gasteiger partial charge >= 0.3 is 0 Å². The molecule has 5 rings (SSSR count). The van der Waals surface area contributed by atoms with Gasteiger partial charge in [0.2, 0.25) is 12.3 Å². The molecule has 1 saturated carbocycles.